The Balaban J connectivity index is 4.20. The lowest BCUT2D eigenvalue weighted by Gasteiger charge is -2.35. The number of aliphatic hydroxyl groups is 1. The number of rotatable bonds is 10. The van der Waals surface area contributed by atoms with E-state index < -0.39 is 19.5 Å². The minimum Gasteiger partial charge on any atom is -0.400 e. The molecule has 0 radical (unpaired) electrons. The molecular weight excluding hydrogens is 248 g/mol. The molecule has 0 amide bonds. The second-order valence-corrected chi connectivity index (χ2v) is 7.21. The average Bonchev–Trinajstić information content (AvgIpc) is 2.27. The lowest BCUT2D eigenvalue weighted by Crippen LogP contribution is -2.36. The molecule has 0 heterocycles. The average molecular weight is 279 g/mol. The summed E-state index contributed by atoms with van der Waals surface area (Å²) in [6.07, 6.45) is 3.12. The van der Waals surface area contributed by atoms with Crippen molar-refractivity contribution >= 4 is 19.5 Å². The zero-order valence-corrected chi connectivity index (χ0v) is 15.0. The van der Waals surface area contributed by atoms with Gasteiger partial charge >= 0.3 is 0 Å². The van der Waals surface area contributed by atoms with Gasteiger partial charge in [-0.3, -0.25) is 0 Å². The first-order valence-electron chi connectivity index (χ1n) is 6.82. The summed E-state index contributed by atoms with van der Waals surface area (Å²) in [6.45, 7) is 11.3. The van der Waals surface area contributed by atoms with E-state index in [4.69, 9.17) is 14.0 Å². The highest BCUT2D eigenvalue weighted by atomic mass is 28.2. The molecule has 17 heavy (non-hydrogen) atoms. The standard InChI is InChI=1S/C12H30O3Si2/c1-10(7-9-13)6-8-12(2,3)11(14-16-4)15-17-5/h10-11,13H,6-9,16-17H2,1-5H3. The predicted molar refractivity (Wildman–Crippen MR) is 78.7 cm³/mol. The molecule has 0 aromatic rings. The van der Waals surface area contributed by atoms with Crippen LogP contribution >= 0.6 is 0 Å². The van der Waals surface area contributed by atoms with Crippen LogP contribution in [0, 0.1) is 11.3 Å². The maximum atomic E-state index is 8.91. The maximum Gasteiger partial charge on any atom is 0.161 e. The largest absolute Gasteiger partial charge is 0.400 e. The first-order valence-corrected chi connectivity index (χ1v) is 10.8. The van der Waals surface area contributed by atoms with Gasteiger partial charge in [0.05, 0.1) is 0 Å². The molecule has 0 aliphatic heterocycles. The normalized spacial score (nSPS) is 17.3. The molecule has 0 aromatic carbocycles. The minimum atomic E-state index is -0.422. The van der Waals surface area contributed by atoms with Crippen LogP contribution in [0.3, 0.4) is 0 Å². The smallest absolute Gasteiger partial charge is 0.161 e. The fraction of sp³-hybridized carbons (Fsp3) is 1.00. The van der Waals surface area contributed by atoms with E-state index in [9.17, 15) is 0 Å². The molecule has 0 saturated carbocycles. The van der Waals surface area contributed by atoms with Crippen LogP contribution < -0.4 is 0 Å². The quantitative estimate of drug-likeness (QED) is 0.485. The van der Waals surface area contributed by atoms with Gasteiger partial charge in [-0.25, -0.2) is 0 Å². The number of hydrogen-bond acceptors (Lipinski definition) is 3. The highest BCUT2D eigenvalue weighted by Gasteiger charge is 2.30. The van der Waals surface area contributed by atoms with Gasteiger partial charge in [-0.2, -0.15) is 0 Å². The van der Waals surface area contributed by atoms with E-state index in [1.54, 1.807) is 0 Å². The van der Waals surface area contributed by atoms with Crippen molar-refractivity contribution in [2.75, 3.05) is 6.61 Å². The highest BCUT2D eigenvalue weighted by molar-refractivity contribution is 6.26. The summed E-state index contributed by atoms with van der Waals surface area (Å²) in [5.41, 5.74) is 0.0930. The Bertz CT molecular complexity index is 183. The summed E-state index contributed by atoms with van der Waals surface area (Å²) in [5, 5.41) is 8.91. The number of hydrogen-bond donors (Lipinski definition) is 1. The Morgan fingerprint density at radius 3 is 2.06 bits per heavy atom. The third kappa shape index (κ3) is 7.36. The third-order valence-corrected chi connectivity index (χ3v) is 4.45. The molecule has 0 aliphatic carbocycles. The van der Waals surface area contributed by atoms with Gasteiger partial charge in [0.15, 0.2) is 19.5 Å². The lowest BCUT2D eigenvalue weighted by atomic mass is 9.84. The lowest BCUT2D eigenvalue weighted by molar-refractivity contribution is -0.0839. The van der Waals surface area contributed by atoms with E-state index >= 15 is 0 Å². The summed E-state index contributed by atoms with van der Waals surface area (Å²) < 4.78 is 11.7. The summed E-state index contributed by atoms with van der Waals surface area (Å²) >= 11 is 0. The Morgan fingerprint density at radius 1 is 1.12 bits per heavy atom. The summed E-state index contributed by atoms with van der Waals surface area (Å²) in [4.78, 5) is 0. The van der Waals surface area contributed by atoms with Crippen LogP contribution in [0.4, 0.5) is 0 Å². The van der Waals surface area contributed by atoms with E-state index in [0.717, 1.165) is 19.3 Å². The summed E-state index contributed by atoms with van der Waals surface area (Å²) in [6, 6.07) is 0. The van der Waals surface area contributed by atoms with Gasteiger partial charge in [0, 0.05) is 12.0 Å². The van der Waals surface area contributed by atoms with Crippen molar-refractivity contribution in [1.82, 2.24) is 0 Å². The number of aliphatic hydroxyl groups excluding tert-OH is 1. The first kappa shape index (κ1) is 17.3. The van der Waals surface area contributed by atoms with Crippen LogP contribution in [-0.4, -0.2) is 37.5 Å². The van der Waals surface area contributed by atoms with Crippen molar-refractivity contribution in [2.45, 2.75) is 59.4 Å². The third-order valence-electron chi connectivity index (χ3n) is 3.18. The van der Waals surface area contributed by atoms with Crippen LogP contribution in [0.2, 0.25) is 13.1 Å². The fourth-order valence-corrected chi connectivity index (χ4v) is 3.80. The van der Waals surface area contributed by atoms with Crippen molar-refractivity contribution in [2.24, 2.45) is 11.3 Å². The zero-order chi connectivity index (χ0) is 13.3. The molecule has 1 N–H and O–H groups in total. The van der Waals surface area contributed by atoms with Crippen LogP contribution in [0.1, 0.15) is 40.0 Å². The Morgan fingerprint density at radius 2 is 1.65 bits per heavy atom. The van der Waals surface area contributed by atoms with Gasteiger partial charge in [-0.05, 0) is 25.2 Å². The van der Waals surface area contributed by atoms with E-state index in [1.165, 1.54) is 0 Å². The van der Waals surface area contributed by atoms with Crippen LogP contribution in [0.25, 0.3) is 0 Å². The van der Waals surface area contributed by atoms with Gasteiger partial charge in [0.2, 0.25) is 0 Å². The predicted octanol–water partition coefficient (Wildman–Crippen LogP) is 1.43. The second-order valence-electron chi connectivity index (χ2n) is 5.39. The molecular formula is C12H30O3Si2. The molecule has 0 aromatic heterocycles. The van der Waals surface area contributed by atoms with Crippen LogP contribution in [-0.2, 0) is 8.85 Å². The molecule has 1 atom stereocenters. The Kier molecular flexibility index (Phi) is 9.44. The monoisotopic (exact) mass is 278 g/mol. The zero-order valence-electron chi connectivity index (χ0n) is 12.2. The second kappa shape index (κ2) is 9.27. The molecule has 5 heteroatoms. The van der Waals surface area contributed by atoms with Gasteiger partial charge in [0.1, 0.15) is 6.29 Å². The van der Waals surface area contributed by atoms with E-state index in [0.29, 0.717) is 12.5 Å². The van der Waals surface area contributed by atoms with E-state index in [1.807, 2.05) is 0 Å². The minimum absolute atomic E-state index is 0.00263. The van der Waals surface area contributed by atoms with Gasteiger partial charge in [-0.15, -0.1) is 0 Å². The van der Waals surface area contributed by atoms with Crippen molar-refractivity contribution in [1.29, 1.82) is 0 Å². The van der Waals surface area contributed by atoms with Crippen molar-refractivity contribution in [3.8, 4) is 0 Å². The first-order chi connectivity index (χ1) is 7.97. The van der Waals surface area contributed by atoms with Crippen molar-refractivity contribution < 1.29 is 14.0 Å². The molecule has 0 bridgehead atoms. The maximum absolute atomic E-state index is 8.91. The molecule has 0 aliphatic rings. The van der Waals surface area contributed by atoms with Crippen LogP contribution in [0.15, 0.2) is 0 Å². The van der Waals surface area contributed by atoms with E-state index in [2.05, 4.69) is 33.9 Å². The Labute approximate surface area is 111 Å². The Hall–Kier alpha value is 0.314. The van der Waals surface area contributed by atoms with Gasteiger partial charge < -0.3 is 14.0 Å². The van der Waals surface area contributed by atoms with Crippen molar-refractivity contribution in [3.05, 3.63) is 0 Å². The molecule has 0 rings (SSSR count). The summed E-state index contributed by atoms with van der Waals surface area (Å²) in [5.74, 6) is 0.581. The highest BCUT2D eigenvalue weighted by Crippen LogP contribution is 2.31. The van der Waals surface area contributed by atoms with E-state index in [-0.39, 0.29) is 11.7 Å². The molecule has 3 nitrogen and oxygen atoms in total. The molecule has 0 fully saturated rings. The van der Waals surface area contributed by atoms with Crippen molar-refractivity contribution in [3.63, 3.8) is 0 Å². The molecule has 0 saturated heterocycles. The molecule has 1 unspecified atom stereocenters. The fourth-order valence-electron chi connectivity index (χ4n) is 1.90. The molecule has 104 valence electrons. The van der Waals surface area contributed by atoms with Crippen LogP contribution in [0.5, 0.6) is 0 Å². The SMILES string of the molecule is C[SiH2]OC(O[SiH2]C)C(C)(C)CCC(C)CCO. The van der Waals surface area contributed by atoms with Gasteiger partial charge in [-0.1, -0.05) is 33.9 Å². The van der Waals surface area contributed by atoms with Gasteiger partial charge in [0.25, 0.3) is 0 Å². The molecule has 0 spiro atoms. The topological polar surface area (TPSA) is 38.7 Å². The summed E-state index contributed by atoms with van der Waals surface area (Å²) in [7, 11) is -0.845.